The van der Waals surface area contributed by atoms with Crippen molar-refractivity contribution in [3.05, 3.63) is 29.8 Å². The van der Waals surface area contributed by atoms with E-state index in [4.69, 9.17) is 0 Å². The molecule has 0 spiro atoms. The third-order valence-corrected chi connectivity index (χ3v) is 6.49. The molecule has 1 saturated heterocycles. The molecule has 1 saturated carbocycles. The van der Waals surface area contributed by atoms with Gasteiger partial charge >= 0.3 is 0 Å². The summed E-state index contributed by atoms with van der Waals surface area (Å²) in [6, 6.07) is 7.99. The first-order valence-electron chi connectivity index (χ1n) is 7.56. The van der Waals surface area contributed by atoms with E-state index in [1.54, 1.807) is 12.1 Å². The van der Waals surface area contributed by atoms with Crippen molar-refractivity contribution in [1.29, 1.82) is 0 Å². The zero-order chi connectivity index (χ0) is 14.7. The molecule has 0 radical (unpaired) electrons. The van der Waals surface area contributed by atoms with Crippen molar-refractivity contribution in [2.45, 2.75) is 49.2 Å². The summed E-state index contributed by atoms with van der Waals surface area (Å²) in [7, 11) is -3.39. The Morgan fingerprint density at radius 2 is 1.86 bits per heavy atom. The second-order valence-electron chi connectivity index (χ2n) is 5.81. The van der Waals surface area contributed by atoms with E-state index in [9.17, 15) is 8.42 Å². The van der Waals surface area contributed by atoms with E-state index in [0.717, 1.165) is 36.5 Å². The van der Waals surface area contributed by atoms with E-state index in [1.807, 2.05) is 23.9 Å². The van der Waals surface area contributed by atoms with E-state index in [2.05, 4.69) is 10.0 Å². The molecule has 1 aromatic carbocycles. The number of sulfonamides is 1. The average Bonchev–Trinajstić information content (AvgIpc) is 3.30. The fraction of sp³-hybridized carbons (Fsp3) is 0.600. The quantitative estimate of drug-likeness (QED) is 0.841. The first-order valence-corrected chi connectivity index (χ1v) is 10.2. The minimum atomic E-state index is -3.39. The lowest BCUT2D eigenvalue weighted by Crippen LogP contribution is -2.37. The molecule has 4 nitrogen and oxygen atoms in total. The van der Waals surface area contributed by atoms with Gasteiger partial charge in [-0.05, 0) is 54.9 Å². The van der Waals surface area contributed by atoms with Gasteiger partial charge in [0.1, 0.15) is 0 Å². The molecule has 1 aliphatic heterocycles. The number of thioether (sulfide) groups is 1. The molecular formula is C15H22N2O2S2. The highest BCUT2D eigenvalue weighted by Crippen LogP contribution is 2.21. The zero-order valence-corrected chi connectivity index (χ0v) is 13.7. The van der Waals surface area contributed by atoms with E-state index in [1.165, 1.54) is 12.8 Å². The summed E-state index contributed by atoms with van der Waals surface area (Å²) >= 11 is 1.90. The van der Waals surface area contributed by atoms with Gasteiger partial charge in [0, 0.05) is 18.6 Å². The Morgan fingerprint density at radius 1 is 1.10 bits per heavy atom. The summed E-state index contributed by atoms with van der Waals surface area (Å²) in [5.41, 5.74) is 1.03. The van der Waals surface area contributed by atoms with Crippen molar-refractivity contribution in [2.24, 2.45) is 0 Å². The fourth-order valence-corrected chi connectivity index (χ4v) is 4.96. The van der Waals surface area contributed by atoms with Gasteiger partial charge in [-0.1, -0.05) is 12.1 Å². The van der Waals surface area contributed by atoms with Crippen LogP contribution in [-0.4, -0.2) is 32.0 Å². The minimum Gasteiger partial charge on any atom is -0.310 e. The van der Waals surface area contributed by atoms with Crippen molar-refractivity contribution in [1.82, 2.24) is 10.0 Å². The molecule has 2 N–H and O–H groups in total. The van der Waals surface area contributed by atoms with Crippen LogP contribution < -0.4 is 10.0 Å². The van der Waals surface area contributed by atoms with Crippen molar-refractivity contribution in [3.8, 4) is 0 Å². The van der Waals surface area contributed by atoms with Crippen molar-refractivity contribution < 1.29 is 8.42 Å². The van der Waals surface area contributed by atoms with E-state index < -0.39 is 10.0 Å². The van der Waals surface area contributed by atoms with Gasteiger partial charge in [-0.3, -0.25) is 0 Å². The normalized spacial score (nSPS) is 20.6. The number of hydrogen-bond donors (Lipinski definition) is 2. The molecule has 2 fully saturated rings. The van der Waals surface area contributed by atoms with Crippen LogP contribution in [-0.2, 0) is 16.6 Å². The first-order chi connectivity index (χ1) is 10.1. The van der Waals surface area contributed by atoms with Crippen molar-refractivity contribution >= 4 is 21.8 Å². The van der Waals surface area contributed by atoms with Crippen molar-refractivity contribution in [3.63, 3.8) is 0 Å². The molecule has 0 bridgehead atoms. The monoisotopic (exact) mass is 326 g/mol. The number of nitrogens with one attached hydrogen (secondary N) is 2. The van der Waals surface area contributed by atoms with Gasteiger partial charge in [0.25, 0.3) is 0 Å². The van der Waals surface area contributed by atoms with Crippen LogP contribution in [0.2, 0.25) is 0 Å². The van der Waals surface area contributed by atoms with Gasteiger partial charge in [-0.15, -0.1) is 0 Å². The predicted octanol–water partition coefficient (Wildman–Crippen LogP) is 2.11. The van der Waals surface area contributed by atoms with Crippen LogP contribution in [0.4, 0.5) is 0 Å². The van der Waals surface area contributed by atoms with Crippen LogP contribution in [0.5, 0.6) is 0 Å². The number of benzene rings is 1. The third-order valence-electron chi connectivity index (χ3n) is 3.92. The average molecular weight is 326 g/mol. The van der Waals surface area contributed by atoms with Gasteiger partial charge in [0.15, 0.2) is 0 Å². The smallest absolute Gasteiger partial charge is 0.240 e. The summed E-state index contributed by atoms with van der Waals surface area (Å²) < 4.78 is 27.8. The summed E-state index contributed by atoms with van der Waals surface area (Å²) in [4.78, 5) is 0.385. The molecular weight excluding hydrogens is 304 g/mol. The largest absolute Gasteiger partial charge is 0.310 e. The Bertz CT molecular complexity index is 579. The highest BCUT2D eigenvalue weighted by molar-refractivity contribution is 7.99. The molecule has 1 aromatic rings. The summed E-state index contributed by atoms with van der Waals surface area (Å²) in [6.45, 7) is 0.744. The first kappa shape index (κ1) is 15.3. The van der Waals surface area contributed by atoms with Gasteiger partial charge in [-0.25, -0.2) is 13.1 Å². The highest BCUT2D eigenvalue weighted by Gasteiger charge is 2.23. The Balaban J connectivity index is 1.66. The maximum atomic E-state index is 12.5. The molecule has 0 atom stereocenters. The zero-order valence-electron chi connectivity index (χ0n) is 12.0. The Morgan fingerprint density at radius 3 is 2.57 bits per heavy atom. The second-order valence-corrected chi connectivity index (χ2v) is 8.75. The summed E-state index contributed by atoms with van der Waals surface area (Å²) in [5, 5.41) is 3.41. The summed E-state index contributed by atoms with van der Waals surface area (Å²) in [6.07, 6.45) is 4.32. The lowest BCUT2D eigenvalue weighted by atomic mass is 10.2. The van der Waals surface area contributed by atoms with Crippen LogP contribution >= 0.6 is 11.8 Å². The molecule has 2 aliphatic rings. The van der Waals surface area contributed by atoms with Crippen LogP contribution in [0.1, 0.15) is 31.2 Å². The Labute approximate surface area is 131 Å². The SMILES string of the molecule is O=S(=O)(NC1CCSCC1)c1cccc(CNC2CC2)c1. The predicted molar refractivity (Wildman–Crippen MR) is 87.0 cm³/mol. The van der Waals surface area contributed by atoms with Gasteiger partial charge < -0.3 is 5.32 Å². The van der Waals surface area contributed by atoms with E-state index in [0.29, 0.717) is 10.9 Å². The Hall–Kier alpha value is -0.560. The molecule has 0 unspecified atom stereocenters. The van der Waals surface area contributed by atoms with Crippen LogP contribution in [0.3, 0.4) is 0 Å². The highest BCUT2D eigenvalue weighted by atomic mass is 32.2. The molecule has 116 valence electrons. The molecule has 21 heavy (non-hydrogen) atoms. The van der Waals surface area contributed by atoms with Crippen LogP contribution in [0.25, 0.3) is 0 Å². The van der Waals surface area contributed by atoms with Gasteiger partial charge in [0.2, 0.25) is 10.0 Å². The number of rotatable bonds is 6. The topological polar surface area (TPSA) is 58.2 Å². The van der Waals surface area contributed by atoms with Crippen LogP contribution in [0.15, 0.2) is 29.2 Å². The molecule has 6 heteroatoms. The Kier molecular flexibility index (Phi) is 4.88. The van der Waals surface area contributed by atoms with Gasteiger partial charge in [-0.2, -0.15) is 11.8 Å². The van der Waals surface area contributed by atoms with Gasteiger partial charge in [0.05, 0.1) is 4.90 Å². The van der Waals surface area contributed by atoms with Crippen molar-refractivity contribution in [2.75, 3.05) is 11.5 Å². The third kappa shape index (κ3) is 4.45. The van der Waals surface area contributed by atoms with Crippen LogP contribution in [0, 0.1) is 0 Å². The lowest BCUT2D eigenvalue weighted by molar-refractivity contribution is 0.528. The molecule has 1 aliphatic carbocycles. The maximum Gasteiger partial charge on any atom is 0.240 e. The second kappa shape index (κ2) is 6.69. The lowest BCUT2D eigenvalue weighted by Gasteiger charge is -2.22. The molecule has 1 heterocycles. The standard InChI is InChI=1S/C15H22N2O2S2/c18-21(19,17-14-6-8-20-9-7-14)15-3-1-2-12(10-15)11-16-13-4-5-13/h1-3,10,13-14,16-17H,4-9,11H2. The number of hydrogen-bond acceptors (Lipinski definition) is 4. The fourth-order valence-electron chi connectivity index (χ4n) is 2.48. The molecule has 0 aromatic heterocycles. The minimum absolute atomic E-state index is 0.0875. The molecule has 3 rings (SSSR count). The van der Waals surface area contributed by atoms with E-state index in [-0.39, 0.29) is 6.04 Å². The summed E-state index contributed by atoms with van der Waals surface area (Å²) in [5.74, 6) is 2.08. The maximum absolute atomic E-state index is 12.5. The molecule has 0 amide bonds. The van der Waals surface area contributed by atoms with E-state index >= 15 is 0 Å².